The van der Waals surface area contributed by atoms with E-state index in [4.69, 9.17) is 14.2 Å². The van der Waals surface area contributed by atoms with Crippen molar-refractivity contribution >= 4 is 36.4 Å². The topological polar surface area (TPSA) is 83.5 Å². The number of carbonyl (C=O) groups is 1. The highest BCUT2D eigenvalue weighted by molar-refractivity contribution is 6.05. The lowest BCUT2D eigenvalue weighted by atomic mass is 10.1. The number of likely N-dealkylation sites (tertiary alicyclic amines) is 2. The summed E-state index contributed by atoms with van der Waals surface area (Å²) in [5.41, 5.74) is 2.75. The van der Waals surface area contributed by atoms with Gasteiger partial charge in [-0.25, -0.2) is 0 Å². The van der Waals surface area contributed by atoms with Crippen LogP contribution in [-0.4, -0.2) is 68.3 Å². The number of carbonyl (C=O) groups excluding carboxylic acids is 1. The summed E-state index contributed by atoms with van der Waals surface area (Å²) in [4.78, 5) is 17.9. The molecule has 2 aliphatic rings. The average Bonchev–Trinajstić information content (AvgIpc) is 3.55. The van der Waals surface area contributed by atoms with Crippen molar-refractivity contribution in [2.45, 2.75) is 38.8 Å². The van der Waals surface area contributed by atoms with Crippen molar-refractivity contribution in [2.24, 2.45) is 0 Å². The van der Waals surface area contributed by atoms with Crippen LogP contribution in [-0.2, 0) is 13.1 Å². The lowest BCUT2D eigenvalue weighted by molar-refractivity contribution is 0.102. The Hall–Kier alpha value is -2.39. The number of phenols is 1. The van der Waals surface area contributed by atoms with Gasteiger partial charge in [0.1, 0.15) is 5.75 Å². The normalized spacial score (nSPS) is 15.6. The Labute approximate surface area is 225 Å². The van der Waals surface area contributed by atoms with Gasteiger partial charge in [-0.15, -0.1) is 24.8 Å². The minimum atomic E-state index is -0.288. The first kappa shape index (κ1) is 29.8. The molecule has 0 aromatic heterocycles. The summed E-state index contributed by atoms with van der Waals surface area (Å²) >= 11 is 0. The number of benzene rings is 2. The first-order valence-electron chi connectivity index (χ1n) is 11.9. The second-order valence-corrected chi connectivity index (χ2v) is 8.98. The summed E-state index contributed by atoms with van der Waals surface area (Å²) in [6, 6.07) is 7.04. The fraction of sp³-hybridized carbons (Fsp3) is 0.500. The molecule has 0 unspecified atom stereocenters. The molecule has 2 aromatic carbocycles. The van der Waals surface area contributed by atoms with Crippen LogP contribution in [0.2, 0.25) is 0 Å². The molecule has 10 heteroatoms. The van der Waals surface area contributed by atoms with Crippen molar-refractivity contribution < 1.29 is 24.1 Å². The number of methoxy groups -OCH3 is 3. The van der Waals surface area contributed by atoms with E-state index in [-0.39, 0.29) is 30.7 Å². The second-order valence-electron chi connectivity index (χ2n) is 8.98. The Kier molecular flexibility index (Phi) is 11.4. The molecule has 2 fully saturated rings. The number of hydrogen-bond donors (Lipinski definition) is 2. The molecular formula is C26H37Cl2N3O5. The molecule has 0 spiro atoms. The Morgan fingerprint density at radius 1 is 0.806 bits per heavy atom. The van der Waals surface area contributed by atoms with Gasteiger partial charge in [-0.2, -0.15) is 0 Å². The van der Waals surface area contributed by atoms with Crippen molar-refractivity contribution in [3.05, 3.63) is 41.0 Å². The molecule has 200 valence electrons. The minimum Gasteiger partial charge on any atom is -0.507 e. The van der Waals surface area contributed by atoms with Gasteiger partial charge in [-0.05, 0) is 76.1 Å². The average molecular weight is 543 g/mol. The molecule has 36 heavy (non-hydrogen) atoms. The van der Waals surface area contributed by atoms with Crippen LogP contribution in [0.1, 0.15) is 47.2 Å². The molecule has 8 nitrogen and oxygen atoms in total. The van der Waals surface area contributed by atoms with Gasteiger partial charge in [0, 0.05) is 35.5 Å². The summed E-state index contributed by atoms with van der Waals surface area (Å²) < 4.78 is 16.2. The van der Waals surface area contributed by atoms with Crippen LogP contribution in [0.5, 0.6) is 23.0 Å². The van der Waals surface area contributed by atoms with Crippen LogP contribution in [0.15, 0.2) is 24.3 Å². The van der Waals surface area contributed by atoms with Gasteiger partial charge >= 0.3 is 0 Å². The van der Waals surface area contributed by atoms with Crippen molar-refractivity contribution in [1.29, 1.82) is 0 Å². The maximum Gasteiger partial charge on any atom is 0.255 e. The van der Waals surface area contributed by atoms with Crippen molar-refractivity contribution in [1.82, 2.24) is 9.80 Å². The SMILES string of the molecule is COc1cc(C(=O)Nc2cc(CN3CCCC3)c(O)c(CN3CCCC3)c2)cc(OC)c1OC.Cl.Cl. The molecule has 4 rings (SSSR count). The van der Waals surface area contributed by atoms with E-state index in [0.717, 1.165) is 37.3 Å². The first-order valence-corrected chi connectivity index (χ1v) is 11.9. The van der Waals surface area contributed by atoms with Gasteiger partial charge < -0.3 is 24.6 Å². The van der Waals surface area contributed by atoms with Crippen LogP contribution in [0.3, 0.4) is 0 Å². The fourth-order valence-corrected chi connectivity index (χ4v) is 4.85. The molecular weight excluding hydrogens is 505 g/mol. The van der Waals surface area contributed by atoms with Crippen molar-refractivity contribution in [3.63, 3.8) is 0 Å². The van der Waals surface area contributed by atoms with E-state index in [0.29, 0.717) is 47.3 Å². The Balaban J connectivity index is 0.00000228. The summed E-state index contributed by atoms with van der Waals surface area (Å²) in [5, 5.41) is 14.1. The Morgan fingerprint density at radius 3 is 1.64 bits per heavy atom. The van der Waals surface area contributed by atoms with Crippen LogP contribution in [0, 0.1) is 0 Å². The molecule has 0 radical (unpaired) electrons. The van der Waals surface area contributed by atoms with Crippen LogP contribution >= 0.6 is 24.8 Å². The predicted octanol–water partition coefficient (Wildman–Crippen LogP) is 4.71. The second kappa shape index (κ2) is 13.8. The third-order valence-corrected chi connectivity index (χ3v) is 6.64. The lowest BCUT2D eigenvalue weighted by Gasteiger charge is -2.21. The highest BCUT2D eigenvalue weighted by atomic mass is 35.5. The van der Waals surface area contributed by atoms with E-state index in [9.17, 15) is 9.90 Å². The summed E-state index contributed by atoms with van der Waals surface area (Å²) in [7, 11) is 4.57. The first-order chi connectivity index (χ1) is 16.5. The number of rotatable bonds is 9. The zero-order chi connectivity index (χ0) is 24.1. The molecule has 2 aliphatic heterocycles. The zero-order valence-electron chi connectivity index (χ0n) is 21.2. The standard InChI is InChI=1S/C26H35N3O5.2ClH/c1-32-22-14-18(15-23(33-2)25(22)34-3)26(31)27-21-12-19(16-28-8-4-5-9-28)24(30)20(13-21)17-29-10-6-7-11-29;;/h12-15,30H,4-11,16-17H2,1-3H3,(H,27,31);2*1H. The van der Waals surface area contributed by atoms with E-state index >= 15 is 0 Å². The lowest BCUT2D eigenvalue weighted by Crippen LogP contribution is -2.21. The van der Waals surface area contributed by atoms with Gasteiger partial charge in [0.05, 0.1) is 21.3 Å². The number of aromatic hydroxyl groups is 1. The van der Waals surface area contributed by atoms with Crippen molar-refractivity contribution in [2.75, 3.05) is 52.8 Å². The van der Waals surface area contributed by atoms with E-state index in [1.807, 2.05) is 12.1 Å². The summed E-state index contributed by atoms with van der Waals surface area (Å²) in [6.45, 7) is 5.47. The van der Waals surface area contributed by atoms with Gasteiger partial charge in [-0.1, -0.05) is 0 Å². The number of ether oxygens (including phenoxy) is 3. The minimum absolute atomic E-state index is 0. The summed E-state index contributed by atoms with van der Waals surface area (Å²) in [6.07, 6.45) is 4.72. The maximum atomic E-state index is 13.2. The molecule has 2 saturated heterocycles. The van der Waals surface area contributed by atoms with E-state index in [1.165, 1.54) is 47.0 Å². The molecule has 2 aromatic rings. The number of nitrogens with one attached hydrogen (secondary N) is 1. The van der Waals surface area contributed by atoms with Gasteiger partial charge in [0.2, 0.25) is 5.75 Å². The molecule has 2 heterocycles. The number of nitrogens with zero attached hydrogens (tertiary/aromatic N) is 2. The number of phenolic OH excluding ortho intramolecular Hbond substituents is 1. The zero-order valence-corrected chi connectivity index (χ0v) is 22.8. The van der Waals surface area contributed by atoms with E-state index < -0.39 is 0 Å². The molecule has 1 amide bonds. The third-order valence-electron chi connectivity index (χ3n) is 6.64. The molecule has 0 bridgehead atoms. The van der Waals surface area contributed by atoms with E-state index in [2.05, 4.69) is 15.1 Å². The maximum absolute atomic E-state index is 13.2. The van der Waals surface area contributed by atoms with Gasteiger partial charge in [0.25, 0.3) is 5.91 Å². The fourth-order valence-electron chi connectivity index (χ4n) is 4.85. The largest absolute Gasteiger partial charge is 0.507 e. The third kappa shape index (κ3) is 6.88. The van der Waals surface area contributed by atoms with Crippen LogP contribution in [0.4, 0.5) is 5.69 Å². The number of amides is 1. The van der Waals surface area contributed by atoms with E-state index in [1.54, 1.807) is 12.1 Å². The highest BCUT2D eigenvalue weighted by Crippen LogP contribution is 2.38. The monoisotopic (exact) mass is 541 g/mol. The molecule has 0 atom stereocenters. The van der Waals surface area contributed by atoms with Gasteiger partial charge in [-0.3, -0.25) is 14.6 Å². The summed E-state index contributed by atoms with van der Waals surface area (Å²) in [5.74, 6) is 1.32. The Bertz CT molecular complexity index is 961. The smallest absolute Gasteiger partial charge is 0.255 e. The Morgan fingerprint density at radius 2 is 1.25 bits per heavy atom. The van der Waals surface area contributed by atoms with Crippen LogP contribution < -0.4 is 19.5 Å². The predicted molar refractivity (Wildman–Crippen MR) is 146 cm³/mol. The highest BCUT2D eigenvalue weighted by Gasteiger charge is 2.21. The quantitative estimate of drug-likeness (QED) is 0.445. The van der Waals surface area contributed by atoms with Gasteiger partial charge in [0.15, 0.2) is 11.5 Å². The molecule has 2 N–H and O–H groups in total. The number of hydrogen-bond acceptors (Lipinski definition) is 7. The van der Waals surface area contributed by atoms with Crippen molar-refractivity contribution in [3.8, 4) is 23.0 Å². The molecule has 0 aliphatic carbocycles. The number of anilines is 1. The number of halogens is 2. The molecule has 0 saturated carbocycles. The van der Waals surface area contributed by atoms with Crippen LogP contribution in [0.25, 0.3) is 0 Å².